The molecule has 36 heavy (non-hydrogen) atoms. The first kappa shape index (κ1) is 23.2. The van der Waals surface area contributed by atoms with E-state index in [1.165, 1.54) is 10.9 Å². The monoisotopic (exact) mass is 479 g/mol. The third-order valence-electron chi connectivity index (χ3n) is 7.23. The lowest BCUT2D eigenvalue weighted by molar-refractivity contribution is 0.1000. The van der Waals surface area contributed by atoms with Crippen LogP contribution in [0.5, 0.6) is 0 Å². The largest absolute Gasteiger partial charge is 0.370 e. The van der Waals surface area contributed by atoms with Crippen LogP contribution >= 0.6 is 0 Å². The summed E-state index contributed by atoms with van der Waals surface area (Å²) < 4.78 is 3.95. The van der Waals surface area contributed by atoms with Crippen molar-refractivity contribution in [3.05, 3.63) is 84.7 Å². The van der Waals surface area contributed by atoms with Crippen molar-refractivity contribution in [3.8, 4) is 6.07 Å². The van der Waals surface area contributed by atoms with Gasteiger partial charge in [0.05, 0.1) is 29.4 Å². The standard InChI is InChI=1S/C28H29N7O/c1-20(25-18-21-8-6-7-11-24(21)33(25)2)34-16-13-28(12-15-29,14-17-34)35-19-23(26(30)36)27(32-35)31-22-9-4-3-5-10-22/h3-11,18-19H,1,12-14,16-17H2,2H3,(H2,30,36)(H,31,32). The minimum atomic E-state index is -0.562. The Hall–Kier alpha value is -4.51. The maximum atomic E-state index is 12.2. The van der Waals surface area contributed by atoms with Gasteiger partial charge in [0.2, 0.25) is 0 Å². The number of amides is 1. The summed E-state index contributed by atoms with van der Waals surface area (Å²) in [5.74, 6) is -0.165. The van der Waals surface area contributed by atoms with E-state index in [9.17, 15) is 10.1 Å². The van der Waals surface area contributed by atoms with Gasteiger partial charge in [0, 0.05) is 42.9 Å². The molecule has 1 aliphatic heterocycles. The zero-order valence-electron chi connectivity index (χ0n) is 20.3. The number of nitrogens with two attached hydrogens (primary N) is 1. The molecular formula is C28H29N7O. The molecule has 2 aromatic heterocycles. The maximum Gasteiger partial charge on any atom is 0.254 e. The first-order valence-electron chi connectivity index (χ1n) is 12.0. The number of benzene rings is 2. The molecule has 0 atom stereocenters. The van der Waals surface area contributed by atoms with E-state index in [2.05, 4.69) is 52.7 Å². The molecule has 8 nitrogen and oxygen atoms in total. The molecule has 4 aromatic rings. The van der Waals surface area contributed by atoms with E-state index >= 15 is 0 Å². The molecule has 0 spiro atoms. The second-order valence-corrected chi connectivity index (χ2v) is 9.33. The summed E-state index contributed by atoms with van der Waals surface area (Å²) in [6.07, 6.45) is 3.34. The number of carbonyl (C=O) groups is 1. The number of rotatable bonds is 7. The molecule has 0 saturated carbocycles. The predicted molar refractivity (Wildman–Crippen MR) is 141 cm³/mol. The van der Waals surface area contributed by atoms with Crippen molar-refractivity contribution in [2.75, 3.05) is 18.4 Å². The zero-order valence-corrected chi connectivity index (χ0v) is 20.3. The molecule has 5 rings (SSSR count). The van der Waals surface area contributed by atoms with Crippen LogP contribution in [0.4, 0.5) is 11.5 Å². The van der Waals surface area contributed by atoms with Gasteiger partial charge in [-0.05, 0) is 37.1 Å². The highest BCUT2D eigenvalue weighted by molar-refractivity contribution is 5.98. The van der Waals surface area contributed by atoms with Gasteiger partial charge in [0.15, 0.2) is 5.82 Å². The number of nitrogens with one attached hydrogen (secondary N) is 1. The number of piperidine rings is 1. The lowest BCUT2D eigenvalue weighted by atomic mass is 9.84. The van der Waals surface area contributed by atoms with E-state index in [4.69, 9.17) is 10.8 Å². The van der Waals surface area contributed by atoms with Crippen molar-refractivity contribution < 1.29 is 4.79 Å². The number of carbonyl (C=O) groups excluding carboxylic acids is 1. The molecule has 1 fully saturated rings. The average Bonchev–Trinajstić information content (AvgIpc) is 3.47. The third-order valence-corrected chi connectivity index (χ3v) is 7.23. The average molecular weight is 480 g/mol. The van der Waals surface area contributed by atoms with Crippen molar-refractivity contribution in [3.63, 3.8) is 0 Å². The van der Waals surface area contributed by atoms with Crippen molar-refractivity contribution in [1.82, 2.24) is 19.2 Å². The number of aromatic nitrogens is 3. The zero-order chi connectivity index (χ0) is 25.3. The van der Waals surface area contributed by atoms with E-state index < -0.39 is 11.4 Å². The Kier molecular flexibility index (Phi) is 5.98. The number of likely N-dealkylation sites (tertiary alicyclic amines) is 1. The Morgan fingerprint density at radius 1 is 1.17 bits per heavy atom. The topological polar surface area (TPSA) is 105 Å². The first-order chi connectivity index (χ1) is 17.4. The number of hydrogen-bond acceptors (Lipinski definition) is 5. The molecule has 1 aliphatic rings. The molecule has 0 unspecified atom stereocenters. The number of primary amides is 1. The van der Waals surface area contributed by atoms with Gasteiger partial charge < -0.3 is 20.5 Å². The SMILES string of the molecule is C=C(c1cc2ccccc2n1C)N1CCC(CC#N)(n2cc(C(N)=O)c(Nc3ccccc3)n2)CC1. The second-order valence-electron chi connectivity index (χ2n) is 9.33. The number of nitrogens with zero attached hydrogens (tertiary/aromatic N) is 5. The van der Waals surface area contributed by atoms with Gasteiger partial charge in [0.1, 0.15) is 5.56 Å². The lowest BCUT2D eigenvalue weighted by Gasteiger charge is -2.42. The van der Waals surface area contributed by atoms with Gasteiger partial charge in [0.25, 0.3) is 5.91 Å². The Balaban J connectivity index is 1.40. The molecule has 3 heterocycles. The van der Waals surface area contributed by atoms with Gasteiger partial charge in [-0.25, -0.2) is 0 Å². The molecule has 2 aromatic carbocycles. The Labute approximate surface area is 210 Å². The predicted octanol–water partition coefficient (Wildman–Crippen LogP) is 4.59. The van der Waals surface area contributed by atoms with Crippen LogP contribution in [0.1, 0.15) is 35.3 Å². The van der Waals surface area contributed by atoms with Crippen LogP contribution in [0.3, 0.4) is 0 Å². The normalized spacial score (nSPS) is 14.9. The second kappa shape index (κ2) is 9.27. The molecule has 0 aliphatic carbocycles. The fraction of sp³-hybridized carbons (Fsp3) is 0.250. The minimum Gasteiger partial charge on any atom is -0.370 e. The number of aryl methyl sites for hydroxylation is 1. The molecule has 8 heteroatoms. The lowest BCUT2D eigenvalue weighted by Crippen LogP contribution is -2.45. The van der Waals surface area contributed by atoms with Crippen LogP contribution in [0.15, 0.2) is 73.4 Å². The Morgan fingerprint density at radius 2 is 1.86 bits per heavy atom. The molecule has 1 saturated heterocycles. The summed E-state index contributed by atoms with van der Waals surface area (Å²) in [7, 11) is 2.06. The van der Waals surface area contributed by atoms with Gasteiger partial charge in [-0.1, -0.05) is 43.0 Å². The van der Waals surface area contributed by atoms with Crippen LogP contribution in [-0.2, 0) is 12.6 Å². The number of anilines is 2. The molecule has 3 N–H and O–H groups in total. The van der Waals surface area contributed by atoms with Gasteiger partial charge >= 0.3 is 0 Å². The van der Waals surface area contributed by atoms with Crippen LogP contribution < -0.4 is 11.1 Å². The van der Waals surface area contributed by atoms with E-state index in [1.807, 2.05) is 42.5 Å². The van der Waals surface area contributed by atoms with E-state index in [-0.39, 0.29) is 6.42 Å². The Morgan fingerprint density at radius 3 is 2.53 bits per heavy atom. The van der Waals surface area contributed by atoms with Gasteiger partial charge in [-0.15, -0.1) is 0 Å². The number of para-hydroxylation sites is 2. The fourth-order valence-corrected chi connectivity index (χ4v) is 5.10. The van der Waals surface area contributed by atoms with Crippen molar-refractivity contribution in [1.29, 1.82) is 5.26 Å². The van der Waals surface area contributed by atoms with E-state index in [0.717, 1.165) is 30.2 Å². The number of hydrogen-bond donors (Lipinski definition) is 2. The third kappa shape index (κ3) is 4.09. The fourth-order valence-electron chi connectivity index (χ4n) is 5.10. The maximum absolute atomic E-state index is 12.2. The minimum absolute atomic E-state index is 0.284. The van der Waals surface area contributed by atoms with Crippen molar-refractivity contribution >= 4 is 34.0 Å². The van der Waals surface area contributed by atoms with Crippen LogP contribution in [0.2, 0.25) is 0 Å². The van der Waals surface area contributed by atoms with E-state index in [0.29, 0.717) is 24.2 Å². The summed E-state index contributed by atoms with van der Waals surface area (Å²) in [4.78, 5) is 14.5. The Bertz CT molecular complexity index is 1470. The van der Waals surface area contributed by atoms with Gasteiger partial charge in [-0.3, -0.25) is 9.48 Å². The first-order valence-corrected chi connectivity index (χ1v) is 12.0. The van der Waals surface area contributed by atoms with Gasteiger partial charge in [-0.2, -0.15) is 10.4 Å². The van der Waals surface area contributed by atoms with Crippen LogP contribution in [-0.4, -0.2) is 38.2 Å². The van der Waals surface area contributed by atoms with Crippen molar-refractivity contribution in [2.45, 2.75) is 24.8 Å². The molecule has 0 bridgehead atoms. The summed E-state index contributed by atoms with van der Waals surface area (Å²) >= 11 is 0. The van der Waals surface area contributed by atoms with Crippen LogP contribution in [0.25, 0.3) is 16.6 Å². The van der Waals surface area contributed by atoms with Crippen LogP contribution in [0, 0.1) is 11.3 Å². The van der Waals surface area contributed by atoms with E-state index in [1.54, 1.807) is 10.9 Å². The summed E-state index contributed by atoms with van der Waals surface area (Å²) in [6, 6.07) is 22.3. The highest BCUT2D eigenvalue weighted by Gasteiger charge is 2.39. The molecule has 0 radical (unpaired) electrons. The smallest absolute Gasteiger partial charge is 0.254 e. The number of fused-ring (bicyclic) bond motifs is 1. The highest BCUT2D eigenvalue weighted by Crippen LogP contribution is 2.37. The molecular weight excluding hydrogens is 450 g/mol. The summed E-state index contributed by atoms with van der Waals surface area (Å²) in [5, 5.41) is 18.8. The molecule has 182 valence electrons. The van der Waals surface area contributed by atoms with Crippen molar-refractivity contribution in [2.24, 2.45) is 12.8 Å². The molecule has 1 amide bonds. The highest BCUT2D eigenvalue weighted by atomic mass is 16.1. The summed E-state index contributed by atoms with van der Waals surface area (Å²) in [5.41, 5.74) is 9.46. The summed E-state index contributed by atoms with van der Waals surface area (Å²) in [6.45, 7) is 5.84. The number of nitriles is 1. The quantitative estimate of drug-likeness (QED) is 0.403.